The van der Waals surface area contributed by atoms with Crippen molar-refractivity contribution in [2.75, 3.05) is 18.4 Å². The highest BCUT2D eigenvalue weighted by molar-refractivity contribution is 5.89. The number of anilines is 1. The zero-order chi connectivity index (χ0) is 13.7. The number of hydrogen-bond donors (Lipinski definition) is 2. The Labute approximate surface area is 112 Å². The number of piperidine rings is 1. The molecule has 1 atom stereocenters. The van der Waals surface area contributed by atoms with Crippen LogP contribution in [0.25, 0.3) is 0 Å². The molecular weight excluding hydrogens is 245 g/mol. The largest absolute Gasteiger partial charge is 0.330 e. The van der Waals surface area contributed by atoms with Gasteiger partial charge in [-0.3, -0.25) is 0 Å². The van der Waals surface area contributed by atoms with E-state index in [9.17, 15) is 9.18 Å². The number of carbonyl (C=O) groups excluding carboxylic acids is 1. The molecule has 104 valence electrons. The van der Waals surface area contributed by atoms with E-state index < -0.39 is 0 Å². The Morgan fingerprint density at radius 2 is 2.11 bits per heavy atom. The van der Waals surface area contributed by atoms with E-state index in [-0.39, 0.29) is 17.9 Å². The molecule has 1 aliphatic heterocycles. The summed E-state index contributed by atoms with van der Waals surface area (Å²) in [7, 11) is 0. The summed E-state index contributed by atoms with van der Waals surface area (Å²) in [6.07, 6.45) is 4.01. The van der Waals surface area contributed by atoms with E-state index in [2.05, 4.69) is 5.32 Å². The molecule has 0 aromatic heterocycles. The lowest BCUT2D eigenvalue weighted by atomic mass is 10.00. The number of nitrogens with one attached hydrogen (secondary N) is 1. The van der Waals surface area contributed by atoms with Crippen molar-refractivity contribution in [3.8, 4) is 0 Å². The number of urea groups is 1. The monoisotopic (exact) mass is 265 g/mol. The third kappa shape index (κ3) is 3.67. The van der Waals surface area contributed by atoms with E-state index >= 15 is 0 Å². The molecular formula is C14H20FN3O. The second kappa shape index (κ2) is 6.52. The predicted molar refractivity (Wildman–Crippen MR) is 73.4 cm³/mol. The van der Waals surface area contributed by atoms with E-state index in [0.717, 1.165) is 32.2 Å². The number of rotatable bonds is 3. The molecule has 0 bridgehead atoms. The van der Waals surface area contributed by atoms with Crippen LogP contribution in [0, 0.1) is 5.82 Å². The van der Waals surface area contributed by atoms with E-state index in [1.165, 1.54) is 12.1 Å². The van der Waals surface area contributed by atoms with E-state index in [4.69, 9.17) is 5.73 Å². The van der Waals surface area contributed by atoms with Crippen LogP contribution in [-0.2, 0) is 0 Å². The van der Waals surface area contributed by atoms with Crippen LogP contribution in [0.3, 0.4) is 0 Å². The van der Waals surface area contributed by atoms with Crippen LogP contribution >= 0.6 is 0 Å². The summed E-state index contributed by atoms with van der Waals surface area (Å²) < 4.78 is 12.8. The van der Waals surface area contributed by atoms with Gasteiger partial charge in [0.25, 0.3) is 0 Å². The van der Waals surface area contributed by atoms with Gasteiger partial charge in [0.05, 0.1) is 0 Å². The molecule has 1 aliphatic rings. The molecule has 2 amide bonds. The minimum atomic E-state index is -0.308. The molecule has 1 aromatic carbocycles. The van der Waals surface area contributed by atoms with Crippen LogP contribution in [0.4, 0.5) is 14.9 Å². The number of carbonyl (C=O) groups is 1. The summed E-state index contributed by atoms with van der Waals surface area (Å²) in [6, 6.07) is 5.90. The standard InChI is InChI=1S/C14H20FN3O/c15-11-4-6-12(7-5-11)17-14(19)18-10-2-1-3-13(18)8-9-16/h4-7,13H,1-3,8-10,16H2,(H,17,19). The number of nitrogens with zero attached hydrogens (tertiary/aromatic N) is 1. The summed E-state index contributed by atoms with van der Waals surface area (Å²) in [5.74, 6) is -0.308. The molecule has 5 heteroatoms. The molecule has 0 spiro atoms. The average Bonchev–Trinajstić information content (AvgIpc) is 2.42. The van der Waals surface area contributed by atoms with Gasteiger partial charge in [0.1, 0.15) is 5.82 Å². The van der Waals surface area contributed by atoms with Crippen molar-refractivity contribution in [2.24, 2.45) is 5.73 Å². The Morgan fingerprint density at radius 3 is 2.79 bits per heavy atom. The van der Waals surface area contributed by atoms with Crippen molar-refractivity contribution < 1.29 is 9.18 Å². The fraction of sp³-hybridized carbons (Fsp3) is 0.500. The SMILES string of the molecule is NCCC1CCCCN1C(=O)Nc1ccc(F)cc1. The molecule has 1 fully saturated rings. The topological polar surface area (TPSA) is 58.4 Å². The van der Waals surface area contributed by atoms with Crippen LogP contribution in [0.2, 0.25) is 0 Å². The molecule has 1 heterocycles. The van der Waals surface area contributed by atoms with Crippen LogP contribution in [-0.4, -0.2) is 30.1 Å². The molecule has 0 saturated carbocycles. The van der Waals surface area contributed by atoms with E-state index in [0.29, 0.717) is 12.2 Å². The van der Waals surface area contributed by atoms with Gasteiger partial charge in [0.15, 0.2) is 0 Å². The predicted octanol–water partition coefficient (Wildman–Crippen LogP) is 2.56. The lowest BCUT2D eigenvalue weighted by Crippen LogP contribution is -2.46. The highest BCUT2D eigenvalue weighted by atomic mass is 19.1. The van der Waals surface area contributed by atoms with Gasteiger partial charge >= 0.3 is 6.03 Å². The molecule has 4 nitrogen and oxygen atoms in total. The zero-order valence-electron chi connectivity index (χ0n) is 10.9. The van der Waals surface area contributed by atoms with Gasteiger partial charge in [-0.1, -0.05) is 0 Å². The Kier molecular flexibility index (Phi) is 4.74. The molecule has 0 aliphatic carbocycles. The smallest absolute Gasteiger partial charge is 0.322 e. The normalized spacial score (nSPS) is 19.3. The third-order valence-electron chi connectivity index (χ3n) is 3.48. The number of likely N-dealkylation sites (tertiary alicyclic amines) is 1. The second-order valence-corrected chi connectivity index (χ2v) is 4.86. The maximum absolute atomic E-state index is 12.8. The minimum Gasteiger partial charge on any atom is -0.330 e. The van der Waals surface area contributed by atoms with Gasteiger partial charge in [-0.15, -0.1) is 0 Å². The van der Waals surface area contributed by atoms with E-state index in [1.54, 1.807) is 12.1 Å². The Hall–Kier alpha value is -1.62. The van der Waals surface area contributed by atoms with Gasteiger partial charge in [-0.25, -0.2) is 9.18 Å². The highest BCUT2D eigenvalue weighted by Crippen LogP contribution is 2.20. The first kappa shape index (κ1) is 13.8. The summed E-state index contributed by atoms with van der Waals surface area (Å²) in [6.45, 7) is 1.35. The first-order valence-electron chi connectivity index (χ1n) is 6.74. The fourth-order valence-corrected chi connectivity index (χ4v) is 2.49. The molecule has 1 saturated heterocycles. The Bertz CT molecular complexity index is 419. The van der Waals surface area contributed by atoms with Gasteiger partial charge in [-0.2, -0.15) is 0 Å². The first-order valence-corrected chi connectivity index (χ1v) is 6.74. The molecule has 0 radical (unpaired) electrons. The van der Waals surface area contributed by atoms with Crippen LogP contribution in [0.15, 0.2) is 24.3 Å². The summed E-state index contributed by atoms with van der Waals surface area (Å²) >= 11 is 0. The van der Waals surface area contributed by atoms with Crippen molar-refractivity contribution >= 4 is 11.7 Å². The van der Waals surface area contributed by atoms with Crippen molar-refractivity contribution in [1.29, 1.82) is 0 Å². The molecule has 3 N–H and O–H groups in total. The fourth-order valence-electron chi connectivity index (χ4n) is 2.49. The second-order valence-electron chi connectivity index (χ2n) is 4.86. The number of benzene rings is 1. The molecule has 1 aromatic rings. The van der Waals surface area contributed by atoms with Crippen LogP contribution in [0.5, 0.6) is 0 Å². The first-order chi connectivity index (χ1) is 9.20. The van der Waals surface area contributed by atoms with Crippen molar-refractivity contribution in [1.82, 2.24) is 4.90 Å². The summed E-state index contributed by atoms with van der Waals surface area (Å²) in [5.41, 5.74) is 6.21. The maximum atomic E-state index is 12.8. The van der Waals surface area contributed by atoms with Gasteiger partial charge in [0.2, 0.25) is 0 Å². The number of halogens is 1. The quantitative estimate of drug-likeness (QED) is 0.882. The molecule has 1 unspecified atom stereocenters. The summed E-state index contributed by atoms with van der Waals surface area (Å²) in [4.78, 5) is 14.1. The summed E-state index contributed by atoms with van der Waals surface area (Å²) in [5, 5.41) is 2.81. The van der Waals surface area contributed by atoms with Crippen LogP contribution < -0.4 is 11.1 Å². The van der Waals surface area contributed by atoms with Crippen molar-refractivity contribution in [3.05, 3.63) is 30.1 Å². The Morgan fingerprint density at radius 1 is 1.37 bits per heavy atom. The lowest BCUT2D eigenvalue weighted by molar-refractivity contribution is 0.159. The third-order valence-corrected chi connectivity index (χ3v) is 3.48. The number of hydrogen-bond acceptors (Lipinski definition) is 2. The number of amides is 2. The van der Waals surface area contributed by atoms with Gasteiger partial charge in [0, 0.05) is 18.3 Å². The zero-order valence-corrected chi connectivity index (χ0v) is 10.9. The van der Waals surface area contributed by atoms with Gasteiger partial charge < -0.3 is 16.0 Å². The molecule has 2 rings (SSSR count). The van der Waals surface area contributed by atoms with Crippen LogP contribution in [0.1, 0.15) is 25.7 Å². The van der Waals surface area contributed by atoms with Crippen molar-refractivity contribution in [2.45, 2.75) is 31.7 Å². The van der Waals surface area contributed by atoms with Gasteiger partial charge in [-0.05, 0) is 56.5 Å². The van der Waals surface area contributed by atoms with Crippen molar-refractivity contribution in [3.63, 3.8) is 0 Å². The highest BCUT2D eigenvalue weighted by Gasteiger charge is 2.25. The molecule has 19 heavy (non-hydrogen) atoms. The average molecular weight is 265 g/mol. The Balaban J connectivity index is 1.99. The lowest BCUT2D eigenvalue weighted by Gasteiger charge is -2.35. The number of nitrogens with two attached hydrogens (primary N) is 1. The maximum Gasteiger partial charge on any atom is 0.322 e. The van der Waals surface area contributed by atoms with E-state index in [1.807, 2.05) is 4.90 Å². The minimum absolute atomic E-state index is 0.121.